The van der Waals surface area contributed by atoms with E-state index in [-0.39, 0.29) is 11.3 Å². The van der Waals surface area contributed by atoms with Gasteiger partial charge < -0.3 is 9.80 Å². The number of nitriles is 1. The van der Waals surface area contributed by atoms with Crippen LogP contribution in [0.2, 0.25) is 0 Å². The molecule has 1 saturated heterocycles. The Labute approximate surface area is 166 Å². The molecule has 6 heteroatoms. The molecule has 0 radical (unpaired) electrons. The number of amides is 1. The SMILES string of the molecule is Cc1cc(C#N)nc(N2CCN(C(=O)CCC(C)(C)c3ccccc3)CC2)n1. The summed E-state index contributed by atoms with van der Waals surface area (Å²) < 4.78 is 0. The van der Waals surface area contributed by atoms with E-state index >= 15 is 0 Å². The second-order valence-corrected chi connectivity index (χ2v) is 7.92. The van der Waals surface area contributed by atoms with Crippen molar-refractivity contribution in [3.63, 3.8) is 0 Å². The van der Waals surface area contributed by atoms with E-state index in [0.29, 0.717) is 44.2 Å². The highest BCUT2D eigenvalue weighted by Crippen LogP contribution is 2.28. The fourth-order valence-corrected chi connectivity index (χ4v) is 3.52. The summed E-state index contributed by atoms with van der Waals surface area (Å²) in [6.07, 6.45) is 1.37. The standard InChI is InChI=1S/C22H27N5O/c1-17-15-19(16-23)25-21(24-17)27-13-11-26(12-14-27)20(28)9-10-22(2,3)18-7-5-4-6-8-18/h4-8,15H,9-14H2,1-3H3. The molecule has 1 aromatic carbocycles. The van der Waals surface area contributed by atoms with Crippen LogP contribution in [0.25, 0.3) is 0 Å². The molecule has 2 heterocycles. The van der Waals surface area contributed by atoms with Gasteiger partial charge in [-0.1, -0.05) is 44.2 Å². The third kappa shape index (κ3) is 4.66. The summed E-state index contributed by atoms with van der Waals surface area (Å²) in [5, 5.41) is 9.10. The van der Waals surface area contributed by atoms with Crippen molar-refractivity contribution in [2.24, 2.45) is 0 Å². The molecule has 1 fully saturated rings. The normalized spacial score (nSPS) is 14.6. The lowest BCUT2D eigenvalue weighted by molar-refractivity contribution is -0.131. The summed E-state index contributed by atoms with van der Waals surface area (Å²) in [5.74, 6) is 0.778. The minimum atomic E-state index is -0.0259. The van der Waals surface area contributed by atoms with E-state index in [1.165, 1.54) is 5.56 Å². The van der Waals surface area contributed by atoms with E-state index in [1.54, 1.807) is 6.07 Å². The molecule has 0 spiro atoms. The maximum absolute atomic E-state index is 12.7. The lowest BCUT2D eigenvalue weighted by Crippen LogP contribution is -2.49. The highest BCUT2D eigenvalue weighted by molar-refractivity contribution is 5.76. The molecule has 3 rings (SSSR count). The zero-order valence-corrected chi connectivity index (χ0v) is 16.9. The van der Waals surface area contributed by atoms with E-state index in [1.807, 2.05) is 34.9 Å². The second-order valence-electron chi connectivity index (χ2n) is 7.92. The van der Waals surface area contributed by atoms with Gasteiger partial charge in [-0.15, -0.1) is 0 Å². The van der Waals surface area contributed by atoms with Crippen molar-refractivity contribution in [2.45, 2.75) is 39.0 Å². The molecule has 0 aliphatic carbocycles. The Balaban J connectivity index is 1.54. The third-order valence-electron chi connectivity index (χ3n) is 5.39. The van der Waals surface area contributed by atoms with Gasteiger partial charge in [0.1, 0.15) is 11.8 Å². The highest BCUT2D eigenvalue weighted by Gasteiger charge is 2.26. The monoisotopic (exact) mass is 377 g/mol. The average Bonchev–Trinajstić information content (AvgIpc) is 2.72. The van der Waals surface area contributed by atoms with E-state index in [0.717, 1.165) is 12.1 Å². The van der Waals surface area contributed by atoms with Gasteiger partial charge in [-0.3, -0.25) is 4.79 Å². The van der Waals surface area contributed by atoms with Gasteiger partial charge in [0.15, 0.2) is 0 Å². The first-order valence-electron chi connectivity index (χ1n) is 9.73. The molecular weight excluding hydrogens is 350 g/mol. The van der Waals surface area contributed by atoms with Crippen molar-refractivity contribution in [1.29, 1.82) is 5.26 Å². The van der Waals surface area contributed by atoms with Gasteiger partial charge >= 0.3 is 0 Å². The van der Waals surface area contributed by atoms with Crippen LogP contribution >= 0.6 is 0 Å². The maximum atomic E-state index is 12.7. The molecule has 0 bridgehead atoms. The van der Waals surface area contributed by atoms with Crippen molar-refractivity contribution in [3.8, 4) is 6.07 Å². The van der Waals surface area contributed by atoms with Crippen LogP contribution < -0.4 is 4.90 Å². The topological polar surface area (TPSA) is 73.1 Å². The number of nitrogens with zero attached hydrogens (tertiary/aromatic N) is 5. The zero-order chi connectivity index (χ0) is 20.1. The van der Waals surface area contributed by atoms with Gasteiger partial charge in [0.2, 0.25) is 11.9 Å². The van der Waals surface area contributed by atoms with Crippen LogP contribution in [0.1, 0.15) is 43.6 Å². The predicted octanol–water partition coefficient (Wildman–Crippen LogP) is 3.06. The summed E-state index contributed by atoms with van der Waals surface area (Å²) in [4.78, 5) is 25.4. The Morgan fingerprint density at radius 3 is 2.46 bits per heavy atom. The first-order chi connectivity index (χ1) is 13.4. The molecule has 0 unspecified atom stereocenters. The summed E-state index contributed by atoms with van der Waals surface area (Å²) in [6.45, 7) is 8.92. The molecular formula is C22H27N5O. The van der Waals surface area contributed by atoms with Crippen LogP contribution in [0.3, 0.4) is 0 Å². The fourth-order valence-electron chi connectivity index (χ4n) is 3.52. The Kier molecular flexibility index (Phi) is 5.93. The van der Waals surface area contributed by atoms with Gasteiger partial charge in [0.25, 0.3) is 0 Å². The van der Waals surface area contributed by atoms with Gasteiger partial charge in [-0.2, -0.15) is 5.26 Å². The molecule has 0 N–H and O–H groups in total. The van der Waals surface area contributed by atoms with Crippen molar-refractivity contribution in [1.82, 2.24) is 14.9 Å². The molecule has 0 saturated carbocycles. The summed E-state index contributed by atoms with van der Waals surface area (Å²) in [7, 11) is 0. The lowest BCUT2D eigenvalue weighted by atomic mass is 9.80. The quantitative estimate of drug-likeness (QED) is 0.801. The molecule has 2 aromatic rings. The number of rotatable bonds is 5. The Bertz CT molecular complexity index is 864. The van der Waals surface area contributed by atoms with Crippen LogP contribution in [-0.2, 0) is 10.2 Å². The summed E-state index contributed by atoms with van der Waals surface area (Å²) in [6, 6.07) is 14.1. The Hall–Kier alpha value is -2.94. The number of carbonyl (C=O) groups excluding carboxylic acids is 1. The number of benzene rings is 1. The molecule has 1 aromatic heterocycles. The van der Waals surface area contributed by atoms with Crippen LogP contribution in [0.5, 0.6) is 0 Å². The minimum absolute atomic E-state index is 0.0259. The fraction of sp³-hybridized carbons (Fsp3) is 0.455. The molecule has 0 atom stereocenters. The largest absolute Gasteiger partial charge is 0.339 e. The van der Waals surface area contributed by atoms with Gasteiger partial charge in [-0.05, 0) is 30.4 Å². The predicted molar refractivity (Wildman–Crippen MR) is 109 cm³/mol. The van der Waals surface area contributed by atoms with Crippen LogP contribution in [-0.4, -0.2) is 47.0 Å². The highest BCUT2D eigenvalue weighted by atomic mass is 16.2. The Morgan fingerprint density at radius 1 is 1.14 bits per heavy atom. The maximum Gasteiger partial charge on any atom is 0.226 e. The molecule has 1 aliphatic heterocycles. The number of aromatic nitrogens is 2. The molecule has 1 aliphatic rings. The van der Waals surface area contributed by atoms with Crippen LogP contribution in [0.4, 0.5) is 5.95 Å². The summed E-state index contributed by atoms with van der Waals surface area (Å²) in [5.41, 5.74) is 2.40. The molecule has 6 nitrogen and oxygen atoms in total. The van der Waals surface area contributed by atoms with Crippen molar-refractivity contribution < 1.29 is 4.79 Å². The molecule has 1 amide bonds. The van der Waals surface area contributed by atoms with Crippen molar-refractivity contribution in [3.05, 3.63) is 53.3 Å². The number of hydrogen-bond donors (Lipinski definition) is 0. The van der Waals surface area contributed by atoms with Crippen LogP contribution in [0.15, 0.2) is 36.4 Å². The smallest absolute Gasteiger partial charge is 0.226 e. The van der Waals surface area contributed by atoms with Crippen molar-refractivity contribution in [2.75, 3.05) is 31.1 Å². The van der Waals surface area contributed by atoms with E-state index in [4.69, 9.17) is 5.26 Å². The second kappa shape index (κ2) is 8.39. The van der Waals surface area contributed by atoms with Gasteiger partial charge in [0.05, 0.1) is 0 Å². The molecule has 146 valence electrons. The molecule has 28 heavy (non-hydrogen) atoms. The number of aryl methyl sites for hydroxylation is 1. The first-order valence-corrected chi connectivity index (χ1v) is 9.73. The zero-order valence-electron chi connectivity index (χ0n) is 16.9. The number of anilines is 1. The first kappa shape index (κ1) is 19.8. The Morgan fingerprint density at radius 2 is 1.82 bits per heavy atom. The number of hydrogen-bond acceptors (Lipinski definition) is 5. The van der Waals surface area contributed by atoms with E-state index in [9.17, 15) is 4.79 Å². The average molecular weight is 377 g/mol. The van der Waals surface area contributed by atoms with E-state index < -0.39 is 0 Å². The van der Waals surface area contributed by atoms with Gasteiger partial charge in [-0.25, -0.2) is 9.97 Å². The van der Waals surface area contributed by atoms with Gasteiger partial charge in [0, 0.05) is 38.3 Å². The lowest BCUT2D eigenvalue weighted by Gasteiger charge is -2.35. The van der Waals surface area contributed by atoms with E-state index in [2.05, 4.69) is 42.0 Å². The number of piperazine rings is 1. The summed E-state index contributed by atoms with van der Waals surface area (Å²) >= 11 is 0. The number of carbonyl (C=O) groups is 1. The third-order valence-corrected chi connectivity index (χ3v) is 5.39. The van der Waals surface area contributed by atoms with Crippen LogP contribution in [0, 0.1) is 18.3 Å². The minimum Gasteiger partial charge on any atom is -0.339 e. The van der Waals surface area contributed by atoms with Crippen molar-refractivity contribution >= 4 is 11.9 Å².